The molecule has 132 valence electrons. The molecule has 0 saturated carbocycles. The first kappa shape index (κ1) is 19.2. The molecular weight excluding hydrogens is 324 g/mol. The highest BCUT2D eigenvalue weighted by Gasteiger charge is 2.30. The maximum absolute atomic E-state index is 11.8. The minimum Gasteiger partial charge on any atom is -0.733 e. The highest BCUT2D eigenvalue weighted by Crippen LogP contribution is 2.28. The molecule has 0 bridgehead atoms. The summed E-state index contributed by atoms with van der Waals surface area (Å²) in [5.41, 5.74) is -0.689. The molecule has 2 atom stereocenters. The summed E-state index contributed by atoms with van der Waals surface area (Å²) in [6.45, 7) is 3.09. The van der Waals surface area contributed by atoms with Crippen LogP contribution in [0.5, 0.6) is 0 Å². The maximum atomic E-state index is 11.8. The van der Waals surface area contributed by atoms with E-state index in [2.05, 4.69) is 0 Å². The van der Waals surface area contributed by atoms with E-state index in [1.54, 1.807) is 13.8 Å². The van der Waals surface area contributed by atoms with Crippen molar-refractivity contribution in [3.63, 3.8) is 0 Å². The van der Waals surface area contributed by atoms with Gasteiger partial charge in [0, 0.05) is 5.56 Å². The third kappa shape index (κ3) is 4.83. The van der Waals surface area contributed by atoms with Gasteiger partial charge in [0.05, 0.1) is 5.69 Å². The fraction of sp³-hybridized carbons (Fsp3) is 0.357. The Balaban J connectivity index is 3.01. The van der Waals surface area contributed by atoms with Gasteiger partial charge in [0.15, 0.2) is 0 Å². The molecule has 10 nitrogen and oxygen atoms in total. The van der Waals surface area contributed by atoms with Gasteiger partial charge in [-0.25, -0.2) is 14.4 Å². The summed E-state index contributed by atoms with van der Waals surface area (Å²) < 4.78 is 4.73. The Hall–Kier alpha value is -2.85. The number of aliphatic carboxylic acids is 2. The Bertz CT molecular complexity index is 617. The van der Waals surface area contributed by atoms with Crippen molar-refractivity contribution in [3.8, 4) is 0 Å². The lowest BCUT2D eigenvalue weighted by atomic mass is 10.1. The van der Waals surface area contributed by atoms with E-state index in [0.29, 0.717) is 0 Å². The van der Waals surface area contributed by atoms with Crippen molar-refractivity contribution in [1.29, 1.82) is 0 Å². The number of carboxylic acid groups (broad SMARTS) is 2. The number of alkyl carbamates (subject to hydrolysis) is 1. The van der Waals surface area contributed by atoms with Gasteiger partial charge in [-0.15, -0.1) is 0 Å². The summed E-state index contributed by atoms with van der Waals surface area (Å²) in [7, 11) is 0. The number of amides is 1. The second-order valence-corrected chi connectivity index (χ2v) is 5.16. The van der Waals surface area contributed by atoms with Crippen LogP contribution in [0.2, 0.25) is 0 Å². The maximum Gasteiger partial charge on any atom is 0.409 e. The Morgan fingerprint density at radius 2 is 1.75 bits per heavy atom. The lowest BCUT2D eigenvalue weighted by Crippen LogP contribution is -2.45. The average molecular weight is 341 g/mol. The molecule has 0 saturated heterocycles. The zero-order valence-corrected chi connectivity index (χ0v) is 12.9. The molecule has 1 amide bonds. The molecule has 0 radical (unpaired) electrons. The normalized spacial score (nSPS) is 13.0. The predicted molar refractivity (Wildman–Crippen MR) is 80.3 cm³/mol. The zero-order valence-electron chi connectivity index (χ0n) is 12.9. The van der Waals surface area contributed by atoms with Crippen molar-refractivity contribution in [1.82, 2.24) is 5.32 Å². The van der Waals surface area contributed by atoms with E-state index in [9.17, 15) is 24.7 Å². The zero-order chi connectivity index (χ0) is 18.4. The van der Waals surface area contributed by atoms with Crippen LogP contribution in [0.25, 0.3) is 0 Å². The first-order chi connectivity index (χ1) is 11.1. The summed E-state index contributed by atoms with van der Waals surface area (Å²) in [4.78, 5) is 34.2. The van der Waals surface area contributed by atoms with Crippen LogP contribution in [0.4, 0.5) is 10.5 Å². The number of nitrogens with one attached hydrogen (secondary N) is 1. The molecule has 1 aromatic carbocycles. The van der Waals surface area contributed by atoms with Crippen LogP contribution in [-0.4, -0.2) is 39.5 Å². The number of rotatable bonds is 7. The standard InChI is InChI=1S/C14H17N2O8/c1-7(2)10(12(17)18)15-14(21)24-11(13(19)20)8-5-3-4-6-9(8)16(22)23/h3-7,10-11,22H,1-2H3,(H,15,21)(H,17,18)(H,19,20)/q-1/t10-,11?/m1/s1. The number of nitrogens with zero attached hydrogens (tertiary/aromatic N) is 1. The monoisotopic (exact) mass is 341 g/mol. The quantitative estimate of drug-likeness (QED) is 0.536. The third-order valence-electron chi connectivity index (χ3n) is 3.08. The lowest BCUT2D eigenvalue weighted by molar-refractivity contribution is -0.147. The Morgan fingerprint density at radius 1 is 1.17 bits per heavy atom. The van der Waals surface area contributed by atoms with Crippen LogP contribution in [0.1, 0.15) is 25.5 Å². The predicted octanol–water partition coefficient (Wildman–Crippen LogP) is 1.34. The van der Waals surface area contributed by atoms with Crippen LogP contribution < -0.4 is 10.5 Å². The first-order valence-electron chi connectivity index (χ1n) is 6.83. The number of benzene rings is 1. The van der Waals surface area contributed by atoms with Crippen LogP contribution in [0.3, 0.4) is 0 Å². The smallest absolute Gasteiger partial charge is 0.409 e. The molecule has 0 aromatic heterocycles. The molecule has 0 spiro atoms. The molecule has 1 rings (SSSR count). The lowest BCUT2D eigenvalue weighted by Gasteiger charge is -2.27. The van der Waals surface area contributed by atoms with Crippen LogP contribution >= 0.6 is 0 Å². The molecule has 24 heavy (non-hydrogen) atoms. The number of carbonyl (C=O) groups is 3. The number of anilines is 1. The highest BCUT2D eigenvalue weighted by molar-refractivity contribution is 5.83. The number of hydrogen-bond acceptors (Lipinski definition) is 7. The Labute approximate surface area is 136 Å². The van der Waals surface area contributed by atoms with Gasteiger partial charge in [-0.1, -0.05) is 32.0 Å². The Morgan fingerprint density at radius 3 is 2.21 bits per heavy atom. The molecule has 0 aliphatic rings. The van der Waals surface area contributed by atoms with E-state index in [1.807, 2.05) is 5.32 Å². The van der Waals surface area contributed by atoms with Gasteiger partial charge >= 0.3 is 18.0 Å². The summed E-state index contributed by atoms with van der Waals surface area (Å²) >= 11 is 0. The molecule has 0 aliphatic heterocycles. The molecule has 1 aromatic rings. The summed E-state index contributed by atoms with van der Waals surface area (Å²) in [5.74, 6) is -3.38. The van der Waals surface area contributed by atoms with E-state index >= 15 is 0 Å². The molecule has 10 heteroatoms. The van der Waals surface area contributed by atoms with Gasteiger partial charge in [-0.3, -0.25) is 5.21 Å². The number of hydrogen-bond donors (Lipinski definition) is 4. The summed E-state index contributed by atoms with van der Waals surface area (Å²) in [6.07, 6.45) is -3.19. The molecular formula is C14H17N2O8-. The fourth-order valence-corrected chi connectivity index (χ4v) is 1.91. The van der Waals surface area contributed by atoms with Crippen molar-refractivity contribution in [2.45, 2.75) is 26.0 Å². The van der Waals surface area contributed by atoms with Gasteiger partial charge in [-0.2, -0.15) is 0 Å². The topological polar surface area (TPSA) is 159 Å². The minimum absolute atomic E-state index is 0.269. The van der Waals surface area contributed by atoms with Crippen LogP contribution in [0.15, 0.2) is 24.3 Å². The number of para-hydroxylation sites is 1. The second-order valence-electron chi connectivity index (χ2n) is 5.16. The van der Waals surface area contributed by atoms with E-state index in [1.165, 1.54) is 18.2 Å². The largest absolute Gasteiger partial charge is 0.733 e. The highest BCUT2D eigenvalue weighted by atomic mass is 16.8. The number of carboxylic acids is 2. The number of ether oxygens (including phenoxy) is 1. The van der Waals surface area contributed by atoms with Gasteiger partial charge in [0.1, 0.15) is 6.04 Å². The SMILES string of the molecule is CC(C)[C@@H](NC(=O)OC(C(=O)O)c1ccccc1N([O-])O)C(=O)O. The third-order valence-corrected chi connectivity index (χ3v) is 3.08. The van der Waals surface area contributed by atoms with Crippen molar-refractivity contribution >= 4 is 23.7 Å². The van der Waals surface area contributed by atoms with E-state index in [4.69, 9.17) is 15.1 Å². The van der Waals surface area contributed by atoms with Gasteiger partial charge in [0.25, 0.3) is 0 Å². The molecule has 0 heterocycles. The van der Waals surface area contributed by atoms with Gasteiger partial charge < -0.3 is 30.7 Å². The van der Waals surface area contributed by atoms with E-state index in [0.717, 1.165) is 6.07 Å². The van der Waals surface area contributed by atoms with E-state index in [-0.39, 0.29) is 5.56 Å². The second kappa shape index (κ2) is 8.13. The van der Waals surface area contributed by atoms with Gasteiger partial charge in [-0.05, 0) is 12.0 Å². The fourth-order valence-electron chi connectivity index (χ4n) is 1.91. The van der Waals surface area contributed by atoms with Crippen molar-refractivity contribution < 1.29 is 34.5 Å². The van der Waals surface area contributed by atoms with Crippen LogP contribution in [-0.2, 0) is 14.3 Å². The summed E-state index contributed by atoms with van der Waals surface area (Å²) in [6, 6.07) is 3.79. The van der Waals surface area contributed by atoms with Crippen molar-refractivity contribution in [3.05, 3.63) is 35.0 Å². The summed E-state index contributed by atoms with van der Waals surface area (Å²) in [5, 5.41) is 39.8. The van der Waals surface area contributed by atoms with Crippen molar-refractivity contribution in [2.24, 2.45) is 5.92 Å². The molecule has 0 fully saturated rings. The Kier molecular flexibility index (Phi) is 6.50. The minimum atomic E-state index is -1.91. The molecule has 4 N–H and O–H groups in total. The first-order valence-corrected chi connectivity index (χ1v) is 6.83. The number of carbonyl (C=O) groups excluding carboxylic acids is 1. The molecule has 0 aliphatic carbocycles. The van der Waals surface area contributed by atoms with Gasteiger partial charge in [0.2, 0.25) is 6.10 Å². The molecule has 1 unspecified atom stereocenters. The average Bonchev–Trinajstić information content (AvgIpc) is 2.49. The van der Waals surface area contributed by atoms with E-state index < -0.39 is 47.0 Å². The van der Waals surface area contributed by atoms with Crippen LogP contribution in [0, 0.1) is 11.1 Å². The van der Waals surface area contributed by atoms with Crippen molar-refractivity contribution in [2.75, 3.05) is 5.23 Å².